The Hall–Kier alpha value is -0.650. The van der Waals surface area contributed by atoms with Crippen LogP contribution < -0.4 is 5.32 Å². The molecule has 0 fully saturated rings. The molecule has 0 saturated heterocycles. The van der Waals surface area contributed by atoms with Crippen molar-refractivity contribution >= 4 is 44.5 Å². The number of carbonyl (C=O) groups is 1. The fraction of sp³-hybridized carbons (Fsp3) is 0.250. The van der Waals surface area contributed by atoms with Crippen LogP contribution in [0, 0.1) is 0 Å². The van der Waals surface area contributed by atoms with E-state index in [0.717, 1.165) is 15.8 Å². The van der Waals surface area contributed by atoms with Crippen LogP contribution in [-0.2, 0) is 0 Å². The van der Waals surface area contributed by atoms with Crippen LogP contribution in [0.2, 0.25) is 0 Å². The van der Waals surface area contributed by atoms with E-state index in [1.165, 1.54) is 16.2 Å². The zero-order valence-electron chi connectivity index (χ0n) is 9.27. The van der Waals surface area contributed by atoms with Crippen molar-refractivity contribution in [1.29, 1.82) is 0 Å². The van der Waals surface area contributed by atoms with Gasteiger partial charge in [-0.2, -0.15) is 0 Å². The summed E-state index contributed by atoms with van der Waals surface area (Å²) < 4.78 is 0.979. The fourth-order valence-electron chi connectivity index (χ4n) is 1.53. The lowest BCUT2D eigenvalue weighted by molar-refractivity contribution is 0.0936. The van der Waals surface area contributed by atoms with Crippen molar-refractivity contribution in [1.82, 2.24) is 5.32 Å². The minimum absolute atomic E-state index is 0.00722. The van der Waals surface area contributed by atoms with E-state index in [0.29, 0.717) is 0 Å². The number of thiophene rings is 2. The molecular formula is C12H12BrNOS2. The van der Waals surface area contributed by atoms with E-state index < -0.39 is 0 Å². The lowest BCUT2D eigenvalue weighted by atomic mass is 10.2. The third-order valence-electron chi connectivity index (χ3n) is 2.43. The monoisotopic (exact) mass is 329 g/mol. The van der Waals surface area contributed by atoms with Crippen molar-refractivity contribution in [3.05, 3.63) is 43.2 Å². The normalized spacial score (nSPS) is 12.4. The van der Waals surface area contributed by atoms with Gasteiger partial charge in [0.05, 0.1) is 15.4 Å². The standard InChI is InChI=1S/C12H12BrNOS2/c1-2-9(10-4-3-5-16-10)14-12(15)8-6-11(13)17-7-8/h3-7,9H,2H2,1H3,(H,14,15). The van der Waals surface area contributed by atoms with Crippen molar-refractivity contribution in [2.75, 3.05) is 0 Å². The topological polar surface area (TPSA) is 29.1 Å². The molecule has 0 radical (unpaired) electrons. The van der Waals surface area contributed by atoms with Crippen LogP contribution in [0.1, 0.15) is 34.6 Å². The Morgan fingerprint density at radius 2 is 2.35 bits per heavy atom. The highest BCUT2D eigenvalue weighted by molar-refractivity contribution is 9.11. The van der Waals surface area contributed by atoms with E-state index >= 15 is 0 Å². The lowest BCUT2D eigenvalue weighted by Crippen LogP contribution is -2.27. The van der Waals surface area contributed by atoms with Crippen molar-refractivity contribution < 1.29 is 4.79 Å². The van der Waals surface area contributed by atoms with Crippen LogP contribution in [0.4, 0.5) is 0 Å². The third kappa shape index (κ3) is 3.18. The third-order valence-corrected chi connectivity index (χ3v) is 4.92. The molecule has 0 spiro atoms. The van der Waals surface area contributed by atoms with Crippen molar-refractivity contribution in [2.45, 2.75) is 19.4 Å². The Bertz CT molecular complexity index is 492. The second kappa shape index (κ2) is 5.80. The van der Waals surface area contributed by atoms with E-state index in [4.69, 9.17) is 0 Å². The van der Waals surface area contributed by atoms with Gasteiger partial charge in [0, 0.05) is 10.3 Å². The van der Waals surface area contributed by atoms with Gasteiger partial charge in [-0.1, -0.05) is 13.0 Å². The van der Waals surface area contributed by atoms with E-state index in [1.54, 1.807) is 11.3 Å². The minimum atomic E-state index is -0.00722. The van der Waals surface area contributed by atoms with Crippen LogP contribution in [0.15, 0.2) is 32.7 Å². The highest BCUT2D eigenvalue weighted by atomic mass is 79.9. The average molecular weight is 330 g/mol. The number of rotatable bonds is 4. The first-order valence-electron chi connectivity index (χ1n) is 5.29. The first-order valence-corrected chi connectivity index (χ1v) is 7.84. The molecule has 5 heteroatoms. The Morgan fingerprint density at radius 1 is 1.53 bits per heavy atom. The predicted octanol–water partition coefficient (Wildman–Crippen LogP) is 4.45. The van der Waals surface area contributed by atoms with E-state index in [-0.39, 0.29) is 11.9 Å². The number of hydrogen-bond donors (Lipinski definition) is 1. The summed E-state index contributed by atoms with van der Waals surface area (Å²) in [5, 5.41) is 6.95. The smallest absolute Gasteiger partial charge is 0.252 e. The van der Waals surface area contributed by atoms with Crippen LogP contribution in [-0.4, -0.2) is 5.91 Å². The van der Waals surface area contributed by atoms with Crippen molar-refractivity contribution in [3.63, 3.8) is 0 Å². The number of amides is 1. The molecule has 1 unspecified atom stereocenters. The molecule has 2 aromatic heterocycles. The van der Waals surface area contributed by atoms with E-state index in [2.05, 4.69) is 34.2 Å². The van der Waals surface area contributed by atoms with Crippen molar-refractivity contribution in [2.24, 2.45) is 0 Å². The molecule has 1 atom stereocenters. The molecule has 2 aromatic rings. The lowest BCUT2D eigenvalue weighted by Gasteiger charge is -2.14. The molecule has 17 heavy (non-hydrogen) atoms. The largest absolute Gasteiger partial charge is 0.344 e. The maximum Gasteiger partial charge on any atom is 0.252 e. The molecule has 0 saturated carbocycles. The van der Waals surface area contributed by atoms with Gasteiger partial charge in [-0.3, -0.25) is 4.79 Å². The molecule has 0 bridgehead atoms. The number of halogens is 1. The molecule has 0 aliphatic rings. The molecule has 2 nitrogen and oxygen atoms in total. The fourth-order valence-corrected chi connectivity index (χ4v) is 3.53. The van der Waals surface area contributed by atoms with Crippen LogP contribution in [0.25, 0.3) is 0 Å². The SMILES string of the molecule is CCC(NC(=O)c1csc(Br)c1)c1cccs1. The van der Waals surface area contributed by atoms with Crippen LogP contribution >= 0.6 is 38.6 Å². The van der Waals surface area contributed by atoms with Gasteiger partial charge < -0.3 is 5.32 Å². The highest BCUT2D eigenvalue weighted by Gasteiger charge is 2.15. The Morgan fingerprint density at radius 3 is 2.88 bits per heavy atom. The molecule has 1 amide bonds. The van der Waals surface area contributed by atoms with Gasteiger partial charge in [0.1, 0.15) is 0 Å². The summed E-state index contributed by atoms with van der Waals surface area (Å²) in [5.74, 6) is -0.00722. The number of nitrogens with one attached hydrogen (secondary N) is 1. The zero-order valence-corrected chi connectivity index (χ0v) is 12.5. The van der Waals surface area contributed by atoms with Crippen LogP contribution in [0.3, 0.4) is 0 Å². The van der Waals surface area contributed by atoms with Gasteiger partial charge in [-0.15, -0.1) is 22.7 Å². The highest BCUT2D eigenvalue weighted by Crippen LogP contribution is 2.24. The second-order valence-electron chi connectivity index (χ2n) is 3.59. The molecule has 1 N–H and O–H groups in total. The maximum absolute atomic E-state index is 12.0. The van der Waals surface area contributed by atoms with Gasteiger partial charge in [0.25, 0.3) is 5.91 Å². The predicted molar refractivity (Wildman–Crippen MR) is 76.8 cm³/mol. The molecule has 0 aromatic carbocycles. The summed E-state index contributed by atoms with van der Waals surface area (Å²) in [6.45, 7) is 2.08. The summed E-state index contributed by atoms with van der Waals surface area (Å²) in [6, 6.07) is 6.03. The first kappa shape index (κ1) is 12.8. The first-order chi connectivity index (χ1) is 8.20. The van der Waals surface area contributed by atoms with Gasteiger partial charge in [-0.05, 0) is 39.9 Å². The van der Waals surface area contributed by atoms with Gasteiger partial charge in [0.2, 0.25) is 0 Å². The van der Waals surface area contributed by atoms with Gasteiger partial charge in [-0.25, -0.2) is 0 Å². The summed E-state index contributed by atoms with van der Waals surface area (Å²) in [4.78, 5) is 13.2. The Kier molecular flexibility index (Phi) is 4.36. The molecule has 0 aliphatic carbocycles. The number of carbonyl (C=O) groups excluding carboxylic acids is 1. The summed E-state index contributed by atoms with van der Waals surface area (Å²) >= 11 is 6.56. The molecule has 2 rings (SSSR count). The molecular weight excluding hydrogens is 318 g/mol. The molecule has 0 aliphatic heterocycles. The summed E-state index contributed by atoms with van der Waals surface area (Å²) in [7, 11) is 0. The zero-order chi connectivity index (χ0) is 12.3. The quantitative estimate of drug-likeness (QED) is 0.881. The van der Waals surface area contributed by atoms with Crippen LogP contribution in [0.5, 0.6) is 0 Å². The molecule has 90 valence electrons. The van der Waals surface area contributed by atoms with E-state index in [9.17, 15) is 4.79 Å². The Balaban J connectivity index is 2.07. The minimum Gasteiger partial charge on any atom is -0.344 e. The summed E-state index contributed by atoms with van der Waals surface area (Å²) in [6.07, 6.45) is 0.900. The maximum atomic E-state index is 12.0. The Labute approximate surface area is 117 Å². The van der Waals surface area contributed by atoms with Gasteiger partial charge in [0.15, 0.2) is 0 Å². The van der Waals surface area contributed by atoms with E-state index in [1.807, 2.05) is 22.9 Å². The number of hydrogen-bond acceptors (Lipinski definition) is 3. The average Bonchev–Trinajstić information content (AvgIpc) is 2.96. The summed E-state index contributed by atoms with van der Waals surface area (Å²) in [5.41, 5.74) is 0.719. The van der Waals surface area contributed by atoms with Gasteiger partial charge >= 0.3 is 0 Å². The van der Waals surface area contributed by atoms with Crippen molar-refractivity contribution in [3.8, 4) is 0 Å². The second-order valence-corrected chi connectivity index (χ2v) is 6.86. The molecule has 2 heterocycles.